The Bertz CT molecular complexity index is 2020. The molecule has 0 spiro atoms. The molecule has 9 nitrogen and oxygen atoms in total. The second-order valence-corrected chi connectivity index (χ2v) is 23.8. The highest BCUT2D eigenvalue weighted by atomic mass is 31.2. The smallest absolute Gasteiger partial charge is 0.306 e. The zero-order valence-corrected chi connectivity index (χ0v) is 54.7. The second-order valence-electron chi connectivity index (χ2n) is 22.4. The molecule has 0 saturated carbocycles. The first kappa shape index (κ1) is 79.4. The molecule has 84 heavy (non-hydrogen) atoms. The average Bonchev–Trinajstić information content (AvgIpc) is 3.61. The molecule has 0 aliphatic heterocycles. The van der Waals surface area contributed by atoms with E-state index in [0.717, 1.165) is 141 Å². The molecule has 0 rings (SSSR count). The number of unbranched alkanes of at least 4 members (excludes halogenated alkanes) is 16. The molecule has 0 aromatic heterocycles. The lowest BCUT2D eigenvalue weighted by molar-refractivity contribution is -0.870. The second kappa shape index (κ2) is 62.9. The van der Waals surface area contributed by atoms with Crippen LogP contribution in [0.1, 0.15) is 232 Å². The summed E-state index contributed by atoms with van der Waals surface area (Å²) in [4.78, 5) is 38.0. The number of quaternary nitrogens is 1. The van der Waals surface area contributed by atoms with Gasteiger partial charge in [-0.3, -0.25) is 14.2 Å². The van der Waals surface area contributed by atoms with E-state index in [4.69, 9.17) is 18.5 Å². The van der Waals surface area contributed by atoms with Crippen molar-refractivity contribution in [3.05, 3.63) is 170 Å². The molecule has 0 amide bonds. The summed E-state index contributed by atoms with van der Waals surface area (Å²) in [5.74, 6) is -0.863. The third-order valence-corrected chi connectivity index (χ3v) is 14.2. The molecular formula is C74H120NO8P. The van der Waals surface area contributed by atoms with E-state index in [2.05, 4.69) is 184 Å². The summed E-state index contributed by atoms with van der Waals surface area (Å²) in [5, 5.41) is 0. The predicted octanol–water partition coefficient (Wildman–Crippen LogP) is 20.7. The fourth-order valence-corrected chi connectivity index (χ4v) is 8.99. The number of hydrogen-bond acceptors (Lipinski definition) is 8. The molecule has 2 atom stereocenters. The van der Waals surface area contributed by atoms with Crippen LogP contribution in [0.3, 0.4) is 0 Å². The first-order valence-electron chi connectivity index (χ1n) is 32.8. The third kappa shape index (κ3) is 66.5. The van der Waals surface area contributed by atoms with Crippen LogP contribution in [0.4, 0.5) is 0 Å². The topological polar surface area (TPSA) is 111 Å². The molecule has 0 aliphatic carbocycles. The van der Waals surface area contributed by atoms with Gasteiger partial charge in [0, 0.05) is 12.8 Å². The Morgan fingerprint density at radius 1 is 0.369 bits per heavy atom. The highest BCUT2D eigenvalue weighted by Gasteiger charge is 2.22. The first-order chi connectivity index (χ1) is 41.0. The summed E-state index contributed by atoms with van der Waals surface area (Å²) in [6.07, 6.45) is 95.5. The van der Waals surface area contributed by atoms with E-state index >= 15 is 0 Å². The number of likely N-dealkylation sites (N-methyl/N-ethyl adjacent to an activating group) is 1. The van der Waals surface area contributed by atoms with E-state index in [1.54, 1.807) is 0 Å². The number of allylic oxidation sites excluding steroid dienone is 28. The fourth-order valence-electron chi connectivity index (χ4n) is 8.26. The number of carbonyl (C=O) groups excluding carboxylic acids is 2. The highest BCUT2D eigenvalue weighted by Crippen LogP contribution is 2.38. The molecule has 0 saturated heterocycles. The van der Waals surface area contributed by atoms with Crippen LogP contribution in [0, 0.1) is 0 Å². The van der Waals surface area contributed by atoms with Crippen LogP contribution in [0.5, 0.6) is 0 Å². The van der Waals surface area contributed by atoms with Crippen molar-refractivity contribution in [3.63, 3.8) is 0 Å². The summed E-state index contributed by atoms with van der Waals surface area (Å²) in [5.41, 5.74) is 0. The first-order valence-corrected chi connectivity index (χ1v) is 34.3. The molecule has 0 aliphatic rings. The van der Waals surface area contributed by atoms with E-state index < -0.39 is 32.5 Å². The number of hydrogen-bond donors (Lipinski definition) is 0. The molecule has 0 N–H and O–H groups in total. The van der Waals surface area contributed by atoms with Gasteiger partial charge >= 0.3 is 11.9 Å². The van der Waals surface area contributed by atoms with Crippen LogP contribution >= 0.6 is 7.82 Å². The Labute approximate surface area is 515 Å². The van der Waals surface area contributed by atoms with Gasteiger partial charge in [-0.15, -0.1) is 0 Å². The van der Waals surface area contributed by atoms with Crippen molar-refractivity contribution in [3.8, 4) is 0 Å². The Kier molecular flexibility index (Phi) is 59.4. The lowest BCUT2D eigenvalue weighted by Gasteiger charge is -2.28. The van der Waals surface area contributed by atoms with Gasteiger partial charge in [-0.2, -0.15) is 0 Å². The van der Waals surface area contributed by atoms with Crippen molar-refractivity contribution in [2.24, 2.45) is 0 Å². The summed E-state index contributed by atoms with van der Waals surface area (Å²) in [6.45, 7) is 3.97. The molecule has 0 aromatic rings. The SMILES string of the molecule is CC/C=C\C/C=C\C/C=C\C/C=C\C/C=C\C/C=C\C/C=C\C/C=C\C/C=C\C/C=C\CCCCCCCCCCC(=O)OC(COC(=O)CCCCCCCCCC/C=C\C/C=C\C/C=C\C/C=C\CC)COP(=O)([O-])OCC[N+](C)(C)C. The van der Waals surface area contributed by atoms with Crippen LogP contribution in [0.25, 0.3) is 0 Å². The molecule has 0 radical (unpaired) electrons. The molecule has 0 bridgehead atoms. The summed E-state index contributed by atoms with van der Waals surface area (Å²) in [6, 6.07) is 0. The molecule has 10 heteroatoms. The van der Waals surface area contributed by atoms with Crippen LogP contribution in [-0.4, -0.2) is 70.0 Å². The molecule has 0 heterocycles. The molecule has 474 valence electrons. The normalized spacial score (nSPS) is 14.3. The van der Waals surface area contributed by atoms with Crippen LogP contribution < -0.4 is 4.89 Å². The molecular weight excluding hydrogens is 1060 g/mol. The predicted molar refractivity (Wildman–Crippen MR) is 360 cm³/mol. The molecule has 2 unspecified atom stereocenters. The maximum absolute atomic E-state index is 12.8. The summed E-state index contributed by atoms with van der Waals surface area (Å²) >= 11 is 0. The van der Waals surface area contributed by atoms with Crippen molar-refractivity contribution in [2.75, 3.05) is 47.5 Å². The van der Waals surface area contributed by atoms with Gasteiger partial charge in [0.15, 0.2) is 6.10 Å². The fraction of sp³-hybridized carbons (Fsp3) is 0.595. The number of rotatable bonds is 58. The van der Waals surface area contributed by atoms with E-state index in [1.165, 1.54) is 51.4 Å². The number of nitrogens with zero attached hydrogens (tertiary/aromatic N) is 1. The number of phosphoric acid groups is 1. The van der Waals surface area contributed by atoms with Gasteiger partial charge in [-0.05, 0) is 128 Å². The zero-order chi connectivity index (χ0) is 61.2. The van der Waals surface area contributed by atoms with Gasteiger partial charge in [0.05, 0.1) is 27.7 Å². The number of phosphoric ester groups is 1. The van der Waals surface area contributed by atoms with Crippen molar-refractivity contribution in [2.45, 2.75) is 238 Å². The summed E-state index contributed by atoms with van der Waals surface area (Å²) < 4.78 is 34.2. The monoisotopic (exact) mass is 1180 g/mol. The van der Waals surface area contributed by atoms with Crippen molar-refractivity contribution in [1.29, 1.82) is 0 Å². The zero-order valence-electron chi connectivity index (χ0n) is 53.8. The quantitative estimate of drug-likeness (QED) is 0.0195. The van der Waals surface area contributed by atoms with E-state index in [0.29, 0.717) is 23.9 Å². The highest BCUT2D eigenvalue weighted by molar-refractivity contribution is 7.45. The lowest BCUT2D eigenvalue weighted by atomic mass is 10.1. The Morgan fingerprint density at radius 2 is 0.643 bits per heavy atom. The van der Waals surface area contributed by atoms with Crippen LogP contribution in [-0.2, 0) is 32.7 Å². The van der Waals surface area contributed by atoms with Gasteiger partial charge in [-0.25, -0.2) is 0 Å². The maximum atomic E-state index is 12.8. The van der Waals surface area contributed by atoms with E-state index in [1.807, 2.05) is 21.1 Å². The largest absolute Gasteiger partial charge is 0.756 e. The van der Waals surface area contributed by atoms with Gasteiger partial charge < -0.3 is 27.9 Å². The minimum atomic E-state index is -4.66. The summed E-state index contributed by atoms with van der Waals surface area (Å²) in [7, 11) is 1.13. The van der Waals surface area contributed by atoms with Gasteiger partial charge in [0.25, 0.3) is 7.82 Å². The van der Waals surface area contributed by atoms with E-state index in [-0.39, 0.29) is 26.1 Å². The maximum Gasteiger partial charge on any atom is 0.306 e. The van der Waals surface area contributed by atoms with Gasteiger partial charge in [0.2, 0.25) is 0 Å². The standard InChI is InChI=1S/C74H120NO8P/c1-6-8-10-12-14-16-18-20-22-24-26-28-29-30-31-32-33-34-35-36-37-38-39-40-41-42-43-44-45-47-49-51-53-55-57-59-61-63-65-67-74(77)83-72(71-82-84(78,79)81-69-68-75(3,4)5)70-80-73(76)66-64-62-60-58-56-54-52-50-48-46-27-25-23-21-19-17-15-13-11-9-7-2/h8-11,14-17,20-23,26-28,30-31,33-34,36-37,39-40,42-43,45-47,72H,6-7,12-13,18-19,24-25,29,32,35,38,41,44,48-71H2,1-5H3/b10-8-,11-9-,16-14-,17-15-,22-20-,23-21-,28-26-,31-30-,34-33-,37-36-,40-39-,43-42-,46-27-,47-45-. The Morgan fingerprint density at radius 3 is 0.952 bits per heavy atom. The molecule has 0 fully saturated rings. The van der Waals surface area contributed by atoms with Crippen LogP contribution in [0.2, 0.25) is 0 Å². The number of ether oxygens (including phenoxy) is 2. The number of esters is 2. The molecule has 0 aromatic carbocycles. The minimum Gasteiger partial charge on any atom is -0.756 e. The van der Waals surface area contributed by atoms with Crippen molar-refractivity contribution in [1.82, 2.24) is 0 Å². The van der Waals surface area contributed by atoms with Crippen LogP contribution in [0.15, 0.2) is 170 Å². The van der Waals surface area contributed by atoms with Crippen molar-refractivity contribution < 1.29 is 42.1 Å². The van der Waals surface area contributed by atoms with E-state index in [9.17, 15) is 19.0 Å². The van der Waals surface area contributed by atoms with Gasteiger partial charge in [0.1, 0.15) is 19.8 Å². The van der Waals surface area contributed by atoms with Gasteiger partial charge in [-0.1, -0.05) is 261 Å². The number of carbonyl (C=O) groups is 2. The average molecular weight is 1180 g/mol. The third-order valence-electron chi connectivity index (χ3n) is 13.2. The lowest BCUT2D eigenvalue weighted by Crippen LogP contribution is -2.37. The Balaban J connectivity index is 4.16. The Hall–Kier alpha value is -4.63. The minimum absolute atomic E-state index is 0.0431. The van der Waals surface area contributed by atoms with Crippen molar-refractivity contribution >= 4 is 19.8 Å².